The summed E-state index contributed by atoms with van der Waals surface area (Å²) < 4.78 is 0. The Hall–Kier alpha value is -0.830. The molecule has 0 aromatic carbocycles. The number of hydrogen-bond acceptors (Lipinski definition) is 1. The van der Waals surface area contributed by atoms with Crippen LogP contribution in [-0.2, 0) is 4.79 Å². The minimum atomic E-state index is -0.810. The smallest absolute Gasteiger partial charge is 0.331 e. The van der Waals surface area contributed by atoms with E-state index in [9.17, 15) is 4.79 Å². The zero-order chi connectivity index (χ0) is 6.57. The van der Waals surface area contributed by atoms with Crippen LogP contribution in [0.4, 0.5) is 0 Å². The molecule has 0 saturated heterocycles. The van der Waals surface area contributed by atoms with Gasteiger partial charge in [-0.2, -0.15) is 0 Å². The number of aliphatic carboxylic acids is 1. The lowest BCUT2D eigenvalue weighted by Crippen LogP contribution is -1.97. The Bertz CT molecular complexity index is 115. The van der Waals surface area contributed by atoms with Crippen LogP contribution in [0.15, 0.2) is 11.6 Å². The fraction of sp³-hybridized carbons (Fsp3) is 0.500. The first-order valence-corrected chi connectivity index (χ1v) is 2.60. The summed E-state index contributed by atoms with van der Waals surface area (Å²) >= 11 is 0. The van der Waals surface area contributed by atoms with E-state index in [0.29, 0.717) is 12.0 Å². The van der Waals surface area contributed by atoms with Crippen molar-refractivity contribution < 1.29 is 15.4 Å². The summed E-state index contributed by atoms with van der Waals surface area (Å²) in [4.78, 5) is 10.1. The molecule has 9 heavy (non-hydrogen) atoms. The Morgan fingerprint density at radius 3 is 2.11 bits per heavy atom. The first kappa shape index (κ1) is 11.0. The van der Waals surface area contributed by atoms with Crippen LogP contribution in [0.2, 0.25) is 0 Å². The van der Waals surface area contributed by atoms with Crippen LogP contribution < -0.4 is 0 Å². The second kappa shape index (κ2) is 5.31. The van der Waals surface area contributed by atoms with Crippen LogP contribution >= 0.6 is 0 Å². The molecule has 0 aromatic heterocycles. The molecule has 0 heterocycles. The highest BCUT2D eigenvalue weighted by molar-refractivity contribution is 5.86. The van der Waals surface area contributed by atoms with E-state index in [1.165, 1.54) is 0 Å². The molecule has 0 fully saturated rings. The fourth-order valence-electron chi connectivity index (χ4n) is 0.479. The summed E-state index contributed by atoms with van der Waals surface area (Å²) in [5.41, 5.74) is 0.477. The van der Waals surface area contributed by atoms with E-state index in [1.807, 2.05) is 6.92 Å². The van der Waals surface area contributed by atoms with Gasteiger partial charge in [0.25, 0.3) is 0 Å². The van der Waals surface area contributed by atoms with Crippen LogP contribution in [0, 0.1) is 0 Å². The third-order valence-corrected chi connectivity index (χ3v) is 1.00. The highest BCUT2D eigenvalue weighted by atomic mass is 16.4. The summed E-state index contributed by atoms with van der Waals surface area (Å²) in [5, 5.41) is 8.30. The molecule has 0 aliphatic rings. The normalized spacial score (nSPS) is 10.2. The van der Waals surface area contributed by atoms with E-state index in [2.05, 4.69) is 0 Å². The molecule has 0 amide bonds. The van der Waals surface area contributed by atoms with Gasteiger partial charge in [0.15, 0.2) is 0 Å². The van der Waals surface area contributed by atoms with E-state index in [-0.39, 0.29) is 5.48 Å². The molecule has 0 radical (unpaired) electrons. The molecule has 3 N–H and O–H groups in total. The highest BCUT2D eigenvalue weighted by Crippen LogP contribution is 1.97. The average Bonchev–Trinajstić information content (AvgIpc) is 1.69. The molecule has 0 aromatic rings. The van der Waals surface area contributed by atoms with Gasteiger partial charge >= 0.3 is 5.97 Å². The zero-order valence-corrected chi connectivity index (χ0v) is 5.64. The Morgan fingerprint density at radius 1 is 1.67 bits per heavy atom. The second-order valence-corrected chi connectivity index (χ2v) is 1.47. The van der Waals surface area contributed by atoms with E-state index >= 15 is 0 Å². The number of carboxylic acid groups (broad SMARTS) is 1. The maximum absolute atomic E-state index is 10.1. The van der Waals surface area contributed by atoms with Crippen LogP contribution in [0.1, 0.15) is 20.3 Å². The van der Waals surface area contributed by atoms with Crippen molar-refractivity contribution in [3.05, 3.63) is 11.6 Å². The summed E-state index contributed by atoms with van der Waals surface area (Å²) in [7, 11) is 0. The van der Waals surface area contributed by atoms with Crippen LogP contribution in [0.25, 0.3) is 0 Å². The van der Waals surface area contributed by atoms with Crippen LogP contribution in [0.3, 0.4) is 0 Å². The quantitative estimate of drug-likeness (QED) is 0.559. The lowest BCUT2D eigenvalue weighted by atomic mass is 10.2. The summed E-state index contributed by atoms with van der Waals surface area (Å²) in [5.74, 6) is -0.810. The molecule has 0 aliphatic carbocycles. The standard InChI is InChI=1S/C6H10O2.H2O/c1-3-5(4-2)6(7)8;/h3H,4H2,1-2H3,(H,7,8);1H2/b5-3+;. The number of carbonyl (C=O) groups is 1. The molecular formula is C6H12O3. The molecule has 3 heteroatoms. The zero-order valence-electron chi connectivity index (χ0n) is 5.64. The van der Waals surface area contributed by atoms with Crippen LogP contribution in [-0.4, -0.2) is 16.6 Å². The lowest BCUT2D eigenvalue weighted by molar-refractivity contribution is -0.132. The number of allylic oxidation sites excluding steroid dienone is 1. The third kappa shape index (κ3) is 3.73. The van der Waals surface area contributed by atoms with Crippen molar-refractivity contribution in [1.29, 1.82) is 0 Å². The molecule has 0 bridgehead atoms. The van der Waals surface area contributed by atoms with E-state index in [4.69, 9.17) is 5.11 Å². The van der Waals surface area contributed by atoms with Gasteiger partial charge in [-0.05, 0) is 13.3 Å². The number of rotatable bonds is 2. The number of hydrogen-bond donors (Lipinski definition) is 1. The van der Waals surface area contributed by atoms with Gasteiger partial charge < -0.3 is 10.6 Å². The molecule has 3 nitrogen and oxygen atoms in total. The van der Waals surface area contributed by atoms with Gasteiger partial charge in [-0.25, -0.2) is 4.79 Å². The van der Waals surface area contributed by atoms with E-state index < -0.39 is 5.97 Å². The summed E-state index contributed by atoms with van der Waals surface area (Å²) in [6.45, 7) is 3.55. The van der Waals surface area contributed by atoms with Gasteiger partial charge in [0, 0.05) is 5.57 Å². The minimum absolute atomic E-state index is 0. The lowest BCUT2D eigenvalue weighted by Gasteiger charge is -1.91. The predicted molar refractivity (Wildman–Crippen MR) is 35.3 cm³/mol. The first-order valence-electron chi connectivity index (χ1n) is 2.60. The Kier molecular flexibility index (Phi) is 6.51. The van der Waals surface area contributed by atoms with Crippen LogP contribution in [0.5, 0.6) is 0 Å². The maximum Gasteiger partial charge on any atom is 0.331 e. The van der Waals surface area contributed by atoms with Gasteiger partial charge in [-0.3, -0.25) is 0 Å². The topological polar surface area (TPSA) is 68.8 Å². The minimum Gasteiger partial charge on any atom is -0.478 e. The largest absolute Gasteiger partial charge is 0.478 e. The van der Waals surface area contributed by atoms with Crippen molar-refractivity contribution >= 4 is 5.97 Å². The molecule has 0 aliphatic heterocycles. The van der Waals surface area contributed by atoms with Crippen molar-refractivity contribution in [3.63, 3.8) is 0 Å². The predicted octanol–water partition coefficient (Wildman–Crippen LogP) is 0.603. The van der Waals surface area contributed by atoms with Crippen molar-refractivity contribution in [3.8, 4) is 0 Å². The van der Waals surface area contributed by atoms with Gasteiger partial charge in [0.05, 0.1) is 0 Å². The van der Waals surface area contributed by atoms with Gasteiger partial charge in [0.2, 0.25) is 0 Å². The summed E-state index contributed by atoms with van der Waals surface area (Å²) in [6, 6.07) is 0. The second-order valence-electron chi connectivity index (χ2n) is 1.47. The molecular weight excluding hydrogens is 120 g/mol. The molecule has 54 valence electrons. The van der Waals surface area contributed by atoms with E-state index in [0.717, 1.165) is 0 Å². The Morgan fingerprint density at radius 2 is 2.11 bits per heavy atom. The monoisotopic (exact) mass is 132 g/mol. The van der Waals surface area contributed by atoms with Gasteiger partial charge in [0.1, 0.15) is 0 Å². The van der Waals surface area contributed by atoms with Crippen molar-refractivity contribution in [2.75, 3.05) is 0 Å². The highest BCUT2D eigenvalue weighted by Gasteiger charge is 1.99. The van der Waals surface area contributed by atoms with Gasteiger partial charge in [-0.15, -0.1) is 0 Å². The molecule has 0 saturated carbocycles. The Balaban J connectivity index is 0. The fourth-order valence-corrected chi connectivity index (χ4v) is 0.479. The Labute approximate surface area is 54.3 Å². The molecule has 0 unspecified atom stereocenters. The molecule has 0 atom stereocenters. The molecule has 0 rings (SSSR count). The average molecular weight is 132 g/mol. The first-order chi connectivity index (χ1) is 3.72. The SMILES string of the molecule is C/C=C(\CC)C(=O)O.O. The molecule has 0 spiro atoms. The third-order valence-electron chi connectivity index (χ3n) is 1.00. The summed E-state index contributed by atoms with van der Waals surface area (Å²) in [6.07, 6.45) is 2.22. The maximum atomic E-state index is 10.1. The van der Waals surface area contributed by atoms with Crippen molar-refractivity contribution in [2.45, 2.75) is 20.3 Å². The van der Waals surface area contributed by atoms with Crippen molar-refractivity contribution in [2.24, 2.45) is 0 Å². The van der Waals surface area contributed by atoms with Gasteiger partial charge in [-0.1, -0.05) is 13.0 Å². The van der Waals surface area contributed by atoms with E-state index in [1.54, 1.807) is 13.0 Å². The van der Waals surface area contributed by atoms with Crippen molar-refractivity contribution in [1.82, 2.24) is 0 Å². The number of carboxylic acids is 1.